The third-order valence-electron chi connectivity index (χ3n) is 3.96. The van der Waals surface area contributed by atoms with E-state index >= 15 is 0 Å². The molecule has 24 heavy (non-hydrogen) atoms. The van der Waals surface area contributed by atoms with Crippen LogP contribution in [0.5, 0.6) is 0 Å². The SMILES string of the molecule is C[S@@](=O)c1cccc(NC(=O)N[C@@H]2CCO[C@@H]2c2ccccc2)c1. The van der Waals surface area contributed by atoms with Crippen molar-refractivity contribution < 1.29 is 13.7 Å². The van der Waals surface area contributed by atoms with Gasteiger partial charge in [-0.2, -0.15) is 0 Å². The second kappa shape index (κ2) is 7.59. The van der Waals surface area contributed by atoms with Gasteiger partial charge in [-0.05, 0) is 30.2 Å². The second-order valence-electron chi connectivity index (χ2n) is 5.68. The Morgan fingerprint density at radius 2 is 1.96 bits per heavy atom. The zero-order chi connectivity index (χ0) is 16.9. The first-order chi connectivity index (χ1) is 11.6. The summed E-state index contributed by atoms with van der Waals surface area (Å²) >= 11 is 0. The number of amides is 2. The van der Waals surface area contributed by atoms with Crippen LogP contribution in [-0.2, 0) is 15.5 Å². The van der Waals surface area contributed by atoms with Crippen LogP contribution in [0.2, 0.25) is 0 Å². The van der Waals surface area contributed by atoms with Crippen LogP contribution in [0, 0.1) is 0 Å². The minimum Gasteiger partial charge on any atom is -0.371 e. The smallest absolute Gasteiger partial charge is 0.319 e. The fourth-order valence-electron chi connectivity index (χ4n) is 2.80. The molecule has 0 bridgehead atoms. The van der Waals surface area contributed by atoms with Gasteiger partial charge in [-0.3, -0.25) is 4.21 Å². The van der Waals surface area contributed by atoms with Gasteiger partial charge in [-0.1, -0.05) is 36.4 Å². The van der Waals surface area contributed by atoms with Crippen molar-refractivity contribution in [2.24, 2.45) is 0 Å². The molecule has 2 aromatic carbocycles. The van der Waals surface area contributed by atoms with Crippen molar-refractivity contribution >= 4 is 22.5 Å². The summed E-state index contributed by atoms with van der Waals surface area (Å²) in [5.74, 6) is 0. The monoisotopic (exact) mass is 344 g/mol. The van der Waals surface area contributed by atoms with Gasteiger partial charge in [0.1, 0.15) is 6.10 Å². The Labute approximate surface area is 143 Å². The molecular weight excluding hydrogens is 324 g/mol. The predicted molar refractivity (Wildman–Crippen MR) is 94.5 cm³/mol. The van der Waals surface area contributed by atoms with Crippen molar-refractivity contribution in [3.8, 4) is 0 Å². The molecule has 3 atom stereocenters. The first kappa shape index (κ1) is 16.7. The highest BCUT2D eigenvalue weighted by Crippen LogP contribution is 2.29. The van der Waals surface area contributed by atoms with Crippen LogP contribution >= 0.6 is 0 Å². The summed E-state index contributed by atoms with van der Waals surface area (Å²) in [7, 11) is -1.08. The third-order valence-corrected chi connectivity index (χ3v) is 4.88. The molecule has 0 aliphatic carbocycles. The van der Waals surface area contributed by atoms with Crippen molar-refractivity contribution in [3.05, 3.63) is 60.2 Å². The maximum atomic E-state index is 12.3. The summed E-state index contributed by atoms with van der Waals surface area (Å²) in [6, 6.07) is 16.6. The number of hydrogen-bond donors (Lipinski definition) is 2. The average Bonchev–Trinajstić information content (AvgIpc) is 3.03. The number of ether oxygens (including phenoxy) is 1. The standard InChI is InChI=1S/C18H20N2O3S/c1-24(22)15-9-5-8-14(12-15)19-18(21)20-16-10-11-23-17(16)13-6-3-2-4-7-13/h2-9,12,16-17H,10-11H2,1H3,(H2,19,20,21)/t16-,17-,24-/m1/s1. The summed E-state index contributed by atoms with van der Waals surface area (Å²) in [6.45, 7) is 0.620. The molecule has 1 heterocycles. The lowest BCUT2D eigenvalue weighted by molar-refractivity contribution is 0.100. The number of carbonyl (C=O) groups excluding carboxylic acids is 1. The Balaban J connectivity index is 1.64. The molecule has 0 spiro atoms. The van der Waals surface area contributed by atoms with Crippen LogP contribution in [-0.4, -0.2) is 29.1 Å². The van der Waals surface area contributed by atoms with Gasteiger partial charge in [-0.15, -0.1) is 0 Å². The van der Waals surface area contributed by atoms with E-state index in [2.05, 4.69) is 10.6 Å². The van der Waals surface area contributed by atoms with Gasteiger partial charge >= 0.3 is 6.03 Å². The topological polar surface area (TPSA) is 67.4 Å². The van der Waals surface area contributed by atoms with Gasteiger partial charge < -0.3 is 15.4 Å². The quantitative estimate of drug-likeness (QED) is 0.896. The number of anilines is 1. The summed E-state index contributed by atoms with van der Waals surface area (Å²) < 4.78 is 17.3. The van der Waals surface area contributed by atoms with Gasteiger partial charge in [0.25, 0.3) is 0 Å². The first-order valence-electron chi connectivity index (χ1n) is 7.81. The van der Waals surface area contributed by atoms with Crippen molar-refractivity contribution in [1.29, 1.82) is 0 Å². The van der Waals surface area contributed by atoms with Crippen molar-refractivity contribution in [3.63, 3.8) is 0 Å². The largest absolute Gasteiger partial charge is 0.371 e. The summed E-state index contributed by atoms with van der Waals surface area (Å²) in [5, 5.41) is 5.77. The first-order valence-corrected chi connectivity index (χ1v) is 9.37. The van der Waals surface area contributed by atoms with Crippen molar-refractivity contribution in [1.82, 2.24) is 5.32 Å². The van der Waals surface area contributed by atoms with Crippen LogP contribution in [0.4, 0.5) is 10.5 Å². The third kappa shape index (κ3) is 4.01. The van der Waals surface area contributed by atoms with E-state index in [1.165, 1.54) is 0 Å². The molecule has 0 saturated carbocycles. The Morgan fingerprint density at radius 1 is 1.17 bits per heavy atom. The number of hydrogen-bond acceptors (Lipinski definition) is 3. The molecule has 2 aromatic rings. The molecule has 1 aliphatic heterocycles. The van der Waals surface area contributed by atoms with Crippen molar-refractivity contribution in [2.45, 2.75) is 23.5 Å². The molecule has 6 heteroatoms. The van der Waals surface area contributed by atoms with E-state index in [0.29, 0.717) is 17.2 Å². The van der Waals surface area contributed by atoms with E-state index in [-0.39, 0.29) is 18.2 Å². The molecular formula is C18H20N2O3S. The molecule has 2 N–H and O–H groups in total. The zero-order valence-electron chi connectivity index (χ0n) is 13.4. The van der Waals surface area contributed by atoms with E-state index in [0.717, 1.165) is 12.0 Å². The lowest BCUT2D eigenvalue weighted by Gasteiger charge is -2.20. The maximum absolute atomic E-state index is 12.3. The van der Waals surface area contributed by atoms with Gasteiger partial charge in [0.15, 0.2) is 0 Å². The zero-order valence-corrected chi connectivity index (χ0v) is 14.2. The van der Waals surface area contributed by atoms with Crippen LogP contribution < -0.4 is 10.6 Å². The molecule has 3 rings (SSSR count). The van der Waals surface area contributed by atoms with Gasteiger partial charge in [0, 0.05) is 34.2 Å². The number of carbonyl (C=O) groups is 1. The minimum absolute atomic E-state index is 0.0733. The van der Waals surface area contributed by atoms with Gasteiger partial charge in [-0.25, -0.2) is 4.79 Å². The van der Waals surface area contributed by atoms with E-state index in [9.17, 15) is 9.00 Å². The lowest BCUT2D eigenvalue weighted by atomic mass is 10.0. The number of benzene rings is 2. The number of rotatable bonds is 4. The maximum Gasteiger partial charge on any atom is 0.319 e. The normalized spacial score (nSPS) is 21.2. The molecule has 0 aromatic heterocycles. The summed E-state index contributed by atoms with van der Waals surface area (Å²) in [5.41, 5.74) is 1.68. The second-order valence-corrected chi connectivity index (χ2v) is 7.06. The molecule has 2 amide bonds. The highest BCUT2D eigenvalue weighted by Gasteiger charge is 2.30. The van der Waals surface area contributed by atoms with E-state index in [1.54, 1.807) is 30.5 Å². The highest BCUT2D eigenvalue weighted by atomic mass is 32.2. The van der Waals surface area contributed by atoms with E-state index in [1.807, 2.05) is 30.3 Å². The van der Waals surface area contributed by atoms with Gasteiger partial charge in [0.05, 0.1) is 6.04 Å². The molecule has 5 nitrogen and oxygen atoms in total. The van der Waals surface area contributed by atoms with Crippen LogP contribution in [0.3, 0.4) is 0 Å². The summed E-state index contributed by atoms with van der Waals surface area (Å²) in [4.78, 5) is 13.0. The van der Waals surface area contributed by atoms with E-state index in [4.69, 9.17) is 4.74 Å². The number of urea groups is 1. The average molecular weight is 344 g/mol. The molecule has 1 saturated heterocycles. The number of nitrogens with one attached hydrogen (secondary N) is 2. The molecule has 0 unspecified atom stereocenters. The lowest BCUT2D eigenvalue weighted by Crippen LogP contribution is -2.39. The minimum atomic E-state index is -1.08. The Kier molecular flexibility index (Phi) is 5.27. The van der Waals surface area contributed by atoms with Crippen LogP contribution in [0.15, 0.2) is 59.5 Å². The predicted octanol–water partition coefficient (Wildman–Crippen LogP) is 3.08. The Hall–Kier alpha value is -2.18. The summed E-state index contributed by atoms with van der Waals surface area (Å²) in [6.07, 6.45) is 2.25. The highest BCUT2D eigenvalue weighted by molar-refractivity contribution is 7.84. The molecule has 1 fully saturated rings. The van der Waals surface area contributed by atoms with Gasteiger partial charge in [0.2, 0.25) is 0 Å². The fraction of sp³-hybridized carbons (Fsp3) is 0.278. The van der Waals surface area contributed by atoms with Crippen LogP contribution in [0.1, 0.15) is 18.1 Å². The van der Waals surface area contributed by atoms with Crippen LogP contribution in [0.25, 0.3) is 0 Å². The molecule has 0 radical (unpaired) electrons. The van der Waals surface area contributed by atoms with Crippen molar-refractivity contribution in [2.75, 3.05) is 18.2 Å². The van der Waals surface area contributed by atoms with E-state index < -0.39 is 10.8 Å². The fourth-order valence-corrected chi connectivity index (χ4v) is 3.36. The Morgan fingerprint density at radius 3 is 2.71 bits per heavy atom. The Bertz CT molecular complexity index is 736. The molecule has 126 valence electrons. The molecule has 1 aliphatic rings.